The molecular weight excluding hydrogens is 284 g/mol. The van der Waals surface area contributed by atoms with Crippen molar-refractivity contribution in [1.82, 2.24) is 10.3 Å². The number of aromatic nitrogens is 1. The van der Waals surface area contributed by atoms with Crippen molar-refractivity contribution >= 4 is 33.3 Å². The number of benzene rings is 1. The van der Waals surface area contributed by atoms with Crippen molar-refractivity contribution in [2.24, 2.45) is 0 Å². The van der Waals surface area contributed by atoms with E-state index in [0.717, 1.165) is 18.6 Å². The summed E-state index contributed by atoms with van der Waals surface area (Å²) >= 11 is 3.86. The topological polar surface area (TPSA) is 24.9 Å². The highest BCUT2D eigenvalue weighted by molar-refractivity contribution is 8.00. The molecule has 1 aromatic carbocycles. The van der Waals surface area contributed by atoms with Gasteiger partial charge in [-0.2, -0.15) is 11.8 Å². The highest BCUT2D eigenvalue weighted by Crippen LogP contribution is 2.38. The minimum absolute atomic E-state index is 0.467. The molecule has 1 saturated carbocycles. The summed E-state index contributed by atoms with van der Waals surface area (Å²) in [6.45, 7) is 2.02. The normalized spacial score (nSPS) is 18.4. The Bertz CT molecular complexity index is 525. The van der Waals surface area contributed by atoms with Crippen molar-refractivity contribution in [3.05, 3.63) is 29.3 Å². The molecule has 0 radical (unpaired) electrons. The Kier molecular flexibility index (Phi) is 4.64. The maximum atomic E-state index is 4.69. The molecule has 1 heterocycles. The van der Waals surface area contributed by atoms with E-state index in [1.165, 1.54) is 41.8 Å². The summed E-state index contributed by atoms with van der Waals surface area (Å²) in [6.07, 6.45) is 9.19. The zero-order chi connectivity index (χ0) is 13.8. The molecule has 4 heteroatoms. The van der Waals surface area contributed by atoms with Gasteiger partial charge in [0.2, 0.25) is 0 Å². The van der Waals surface area contributed by atoms with E-state index < -0.39 is 0 Å². The van der Waals surface area contributed by atoms with Crippen molar-refractivity contribution in [2.45, 2.75) is 43.4 Å². The fourth-order valence-electron chi connectivity index (χ4n) is 3.04. The summed E-state index contributed by atoms with van der Waals surface area (Å²) in [5.74, 6) is 0. The molecule has 1 aliphatic carbocycles. The summed E-state index contributed by atoms with van der Waals surface area (Å²) in [7, 11) is 0. The van der Waals surface area contributed by atoms with Gasteiger partial charge in [-0.3, -0.25) is 0 Å². The van der Waals surface area contributed by atoms with Gasteiger partial charge in [0.15, 0.2) is 0 Å². The third kappa shape index (κ3) is 3.18. The number of hydrogen-bond acceptors (Lipinski definition) is 4. The number of para-hydroxylation sites is 1. The minimum atomic E-state index is 0.467. The van der Waals surface area contributed by atoms with Gasteiger partial charge in [0.1, 0.15) is 5.01 Å². The molecule has 0 aliphatic heterocycles. The average Bonchev–Trinajstić information content (AvgIpc) is 2.91. The number of thiazole rings is 1. The summed E-state index contributed by atoms with van der Waals surface area (Å²) < 4.78 is 1.76. The number of fused-ring (bicyclic) bond motifs is 1. The fraction of sp³-hybridized carbons (Fsp3) is 0.562. The molecule has 20 heavy (non-hydrogen) atoms. The van der Waals surface area contributed by atoms with Gasteiger partial charge in [0, 0.05) is 17.8 Å². The zero-order valence-corrected chi connectivity index (χ0v) is 13.7. The first kappa shape index (κ1) is 14.4. The molecule has 0 amide bonds. The van der Waals surface area contributed by atoms with E-state index in [4.69, 9.17) is 4.98 Å². The van der Waals surface area contributed by atoms with Crippen molar-refractivity contribution in [3.8, 4) is 0 Å². The number of thioether (sulfide) groups is 1. The highest BCUT2D eigenvalue weighted by Gasteiger charge is 2.30. The van der Waals surface area contributed by atoms with Crippen molar-refractivity contribution in [2.75, 3.05) is 12.8 Å². The molecule has 0 unspecified atom stereocenters. The third-order valence-electron chi connectivity index (χ3n) is 4.26. The molecule has 0 saturated heterocycles. The van der Waals surface area contributed by atoms with Crippen LogP contribution < -0.4 is 5.32 Å². The van der Waals surface area contributed by atoms with Crippen molar-refractivity contribution < 1.29 is 0 Å². The smallest absolute Gasteiger partial charge is 0.108 e. The van der Waals surface area contributed by atoms with Gasteiger partial charge in [-0.25, -0.2) is 4.98 Å². The fourth-order valence-corrected chi connectivity index (χ4v) is 4.92. The first-order chi connectivity index (χ1) is 9.81. The Hall–Kier alpha value is -0.580. The monoisotopic (exact) mass is 306 g/mol. The molecule has 2 aromatic rings. The second-order valence-electron chi connectivity index (χ2n) is 5.63. The lowest BCUT2D eigenvalue weighted by Gasteiger charge is -2.35. The van der Waals surface area contributed by atoms with Crippen LogP contribution in [-0.2, 0) is 6.54 Å². The number of rotatable bonds is 5. The van der Waals surface area contributed by atoms with E-state index in [0.29, 0.717) is 4.75 Å². The van der Waals surface area contributed by atoms with Gasteiger partial charge in [0.05, 0.1) is 10.2 Å². The van der Waals surface area contributed by atoms with Crippen LogP contribution in [0.3, 0.4) is 0 Å². The van der Waals surface area contributed by atoms with Gasteiger partial charge in [-0.15, -0.1) is 11.3 Å². The first-order valence-electron chi connectivity index (χ1n) is 7.42. The van der Waals surface area contributed by atoms with Gasteiger partial charge in [-0.1, -0.05) is 31.4 Å². The van der Waals surface area contributed by atoms with E-state index >= 15 is 0 Å². The zero-order valence-electron chi connectivity index (χ0n) is 12.0. The molecule has 2 nitrogen and oxygen atoms in total. The van der Waals surface area contributed by atoms with Crippen molar-refractivity contribution in [3.63, 3.8) is 0 Å². The Morgan fingerprint density at radius 3 is 2.80 bits per heavy atom. The number of nitrogens with zero attached hydrogens (tertiary/aromatic N) is 1. The molecule has 1 N–H and O–H groups in total. The van der Waals surface area contributed by atoms with Gasteiger partial charge in [-0.05, 0) is 31.2 Å². The highest BCUT2D eigenvalue weighted by atomic mass is 32.2. The minimum Gasteiger partial charge on any atom is -0.309 e. The first-order valence-corrected chi connectivity index (χ1v) is 9.46. The molecule has 1 fully saturated rings. The lowest BCUT2D eigenvalue weighted by molar-refractivity contribution is 0.379. The number of nitrogens with one attached hydrogen (secondary N) is 1. The maximum absolute atomic E-state index is 4.69. The quantitative estimate of drug-likeness (QED) is 0.883. The third-order valence-corrected chi connectivity index (χ3v) is 6.71. The second kappa shape index (κ2) is 6.46. The summed E-state index contributed by atoms with van der Waals surface area (Å²) in [5.41, 5.74) is 1.13. The van der Waals surface area contributed by atoms with Crippen LogP contribution in [0.4, 0.5) is 0 Å². The van der Waals surface area contributed by atoms with E-state index in [1.807, 2.05) is 11.3 Å². The summed E-state index contributed by atoms with van der Waals surface area (Å²) in [6, 6.07) is 8.40. The van der Waals surface area contributed by atoms with Gasteiger partial charge in [0.25, 0.3) is 0 Å². The van der Waals surface area contributed by atoms with Gasteiger partial charge >= 0.3 is 0 Å². The molecule has 1 aromatic heterocycles. The maximum Gasteiger partial charge on any atom is 0.108 e. The Morgan fingerprint density at radius 1 is 1.25 bits per heavy atom. The standard InChI is InChI=1S/C16H22N2S2/c1-19-16(9-5-2-6-10-16)12-17-11-15-18-13-7-3-4-8-14(13)20-15/h3-4,7-8,17H,2,5-6,9-12H2,1H3. The molecule has 108 valence electrons. The van der Waals surface area contributed by atoms with Gasteiger partial charge < -0.3 is 5.32 Å². The van der Waals surface area contributed by atoms with E-state index in [-0.39, 0.29) is 0 Å². The van der Waals surface area contributed by atoms with Crippen LogP contribution in [0, 0.1) is 0 Å². The van der Waals surface area contributed by atoms with Crippen molar-refractivity contribution in [1.29, 1.82) is 0 Å². The predicted octanol–water partition coefficient (Wildman–Crippen LogP) is 4.45. The molecule has 0 spiro atoms. The number of hydrogen-bond donors (Lipinski definition) is 1. The van der Waals surface area contributed by atoms with Crippen LogP contribution in [0.2, 0.25) is 0 Å². The molecule has 0 bridgehead atoms. The summed E-state index contributed by atoms with van der Waals surface area (Å²) in [5, 5.41) is 4.86. The van der Waals surface area contributed by atoms with Crippen LogP contribution in [0.25, 0.3) is 10.2 Å². The second-order valence-corrected chi connectivity index (χ2v) is 8.02. The molecular formula is C16H22N2S2. The predicted molar refractivity (Wildman–Crippen MR) is 90.7 cm³/mol. The average molecular weight is 307 g/mol. The Morgan fingerprint density at radius 2 is 2.05 bits per heavy atom. The molecule has 0 atom stereocenters. The Balaban J connectivity index is 1.58. The Labute approximate surface area is 129 Å². The van der Waals surface area contributed by atoms with Crippen LogP contribution in [0.1, 0.15) is 37.1 Å². The lowest BCUT2D eigenvalue weighted by atomic mass is 9.88. The van der Waals surface area contributed by atoms with Crippen LogP contribution in [-0.4, -0.2) is 22.5 Å². The molecule has 3 rings (SSSR count). The van der Waals surface area contributed by atoms with E-state index in [9.17, 15) is 0 Å². The lowest BCUT2D eigenvalue weighted by Crippen LogP contribution is -2.39. The van der Waals surface area contributed by atoms with Crippen LogP contribution >= 0.6 is 23.1 Å². The van der Waals surface area contributed by atoms with Crippen LogP contribution in [0.15, 0.2) is 24.3 Å². The largest absolute Gasteiger partial charge is 0.309 e. The van der Waals surface area contributed by atoms with E-state index in [1.54, 1.807) is 0 Å². The van der Waals surface area contributed by atoms with Crippen LogP contribution in [0.5, 0.6) is 0 Å². The van der Waals surface area contributed by atoms with E-state index in [2.05, 4.69) is 47.6 Å². The molecule has 1 aliphatic rings. The summed E-state index contributed by atoms with van der Waals surface area (Å²) in [4.78, 5) is 4.69. The SMILES string of the molecule is CSC1(CNCc2nc3ccccc3s2)CCCCC1.